The fourth-order valence-corrected chi connectivity index (χ4v) is 1.90. The number of carbonyl (C=O) groups is 2. The first kappa shape index (κ1) is 16.2. The summed E-state index contributed by atoms with van der Waals surface area (Å²) in [6, 6.07) is 10.7. The van der Waals surface area contributed by atoms with Crippen LogP contribution in [0, 0.1) is 0 Å². The van der Waals surface area contributed by atoms with Crippen LogP contribution in [-0.2, 0) is 0 Å². The van der Waals surface area contributed by atoms with Crippen LogP contribution in [0.1, 0.15) is 20.7 Å². The van der Waals surface area contributed by atoms with E-state index in [-0.39, 0.29) is 16.9 Å². The lowest BCUT2D eigenvalue weighted by molar-refractivity contribution is 0.0843. The molecule has 2 rings (SSSR count). The molecule has 0 spiro atoms. The number of aromatic hydroxyl groups is 1. The van der Waals surface area contributed by atoms with Crippen molar-refractivity contribution in [2.24, 2.45) is 0 Å². The van der Waals surface area contributed by atoms with E-state index in [1.807, 2.05) is 0 Å². The smallest absolute Gasteiger partial charge is 0.273 e. The van der Waals surface area contributed by atoms with Crippen LogP contribution in [0.15, 0.2) is 42.5 Å². The molecule has 0 saturated heterocycles. The Hall–Kier alpha value is -3.22. The van der Waals surface area contributed by atoms with Gasteiger partial charge >= 0.3 is 0 Å². The van der Waals surface area contributed by atoms with E-state index in [9.17, 15) is 14.7 Å². The van der Waals surface area contributed by atoms with E-state index in [2.05, 4.69) is 10.9 Å². The van der Waals surface area contributed by atoms with E-state index in [4.69, 9.17) is 9.47 Å². The summed E-state index contributed by atoms with van der Waals surface area (Å²) in [7, 11) is 2.92. The van der Waals surface area contributed by atoms with Gasteiger partial charge in [0.1, 0.15) is 17.2 Å². The number of rotatable bonds is 4. The zero-order chi connectivity index (χ0) is 16.8. The molecule has 2 aromatic rings. The lowest BCUT2D eigenvalue weighted by atomic mass is 10.2. The molecule has 0 aliphatic rings. The van der Waals surface area contributed by atoms with Crippen molar-refractivity contribution in [3.05, 3.63) is 53.6 Å². The maximum atomic E-state index is 12.1. The second-order valence-corrected chi connectivity index (χ2v) is 4.49. The van der Waals surface area contributed by atoms with Crippen LogP contribution < -0.4 is 20.3 Å². The number of hydrogen-bond acceptors (Lipinski definition) is 5. The third-order valence-corrected chi connectivity index (χ3v) is 3.09. The highest BCUT2D eigenvalue weighted by Crippen LogP contribution is 2.24. The molecule has 3 N–H and O–H groups in total. The first-order valence-corrected chi connectivity index (χ1v) is 6.67. The Kier molecular flexibility index (Phi) is 5.03. The van der Waals surface area contributed by atoms with Gasteiger partial charge in [0, 0.05) is 6.07 Å². The number of hydrazine groups is 1. The molecule has 0 aliphatic carbocycles. The molecule has 2 amide bonds. The Bertz CT molecular complexity index is 730. The summed E-state index contributed by atoms with van der Waals surface area (Å²) in [5.74, 6) is -0.534. The number of para-hydroxylation sites is 1. The van der Waals surface area contributed by atoms with Gasteiger partial charge in [-0.1, -0.05) is 12.1 Å². The predicted octanol–water partition coefficient (Wildman–Crippen LogP) is 1.48. The SMILES string of the molecule is COc1ccc(C(=O)NNC(=O)c2ccccc2O)c(OC)c1. The van der Waals surface area contributed by atoms with Gasteiger partial charge in [-0.3, -0.25) is 20.4 Å². The van der Waals surface area contributed by atoms with Crippen LogP contribution >= 0.6 is 0 Å². The molecule has 7 nitrogen and oxygen atoms in total. The normalized spacial score (nSPS) is 9.83. The molecule has 0 aromatic heterocycles. The molecule has 120 valence electrons. The summed E-state index contributed by atoms with van der Waals surface area (Å²) in [6.45, 7) is 0. The standard InChI is InChI=1S/C16H16N2O5/c1-22-10-7-8-12(14(9-10)23-2)16(21)18-17-15(20)11-5-3-4-6-13(11)19/h3-9,19H,1-2H3,(H,17,20)(H,18,21). The van der Waals surface area contributed by atoms with E-state index in [1.54, 1.807) is 24.3 Å². The van der Waals surface area contributed by atoms with Crippen LogP contribution in [0.2, 0.25) is 0 Å². The maximum absolute atomic E-state index is 12.1. The van der Waals surface area contributed by atoms with Gasteiger partial charge in [0.25, 0.3) is 11.8 Å². The van der Waals surface area contributed by atoms with Crippen molar-refractivity contribution in [3.63, 3.8) is 0 Å². The minimum Gasteiger partial charge on any atom is -0.507 e. The lowest BCUT2D eigenvalue weighted by Crippen LogP contribution is -2.41. The zero-order valence-electron chi connectivity index (χ0n) is 12.6. The van der Waals surface area contributed by atoms with Gasteiger partial charge in [0.2, 0.25) is 0 Å². The minimum atomic E-state index is -0.635. The highest BCUT2D eigenvalue weighted by molar-refractivity contribution is 6.01. The number of amides is 2. The van der Waals surface area contributed by atoms with Crippen LogP contribution in [0.3, 0.4) is 0 Å². The second kappa shape index (κ2) is 7.17. The quantitative estimate of drug-likeness (QED) is 0.743. The molecule has 23 heavy (non-hydrogen) atoms. The van der Waals surface area contributed by atoms with Crippen molar-refractivity contribution >= 4 is 11.8 Å². The summed E-state index contributed by atoms with van der Waals surface area (Å²) < 4.78 is 10.2. The van der Waals surface area contributed by atoms with Crippen molar-refractivity contribution in [3.8, 4) is 17.2 Å². The van der Waals surface area contributed by atoms with Crippen molar-refractivity contribution in [1.29, 1.82) is 0 Å². The van der Waals surface area contributed by atoms with E-state index in [0.717, 1.165) is 0 Å². The number of phenolic OH excluding ortho intramolecular Hbond substituents is 1. The molecule has 0 radical (unpaired) electrons. The Morgan fingerprint density at radius 3 is 2.17 bits per heavy atom. The van der Waals surface area contributed by atoms with E-state index in [1.165, 1.54) is 32.4 Å². The Morgan fingerprint density at radius 1 is 0.913 bits per heavy atom. The number of methoxy groups -OCH3 is 2. The third kappa shape index (κ3) is 3.70. The number of nitrogens with one attached hydrogen (secondary N) is 2. The molecular weight excluding hydrogens is 300 g/mol. The Balaban J connectivity index is 2.08. The molecule has 0 saturated carbocycles. The van der Waals surface area contributed by atoms with Crippen molar-refractivity contribution < 1.29 is 24.2 Å². The van der Waals surface area contributed by atoms with E-state index < -0.39 is 11.8 Å². The topological polar surface area (TPSA) is 96.9 Å². The maximum Gasteiger partial charge on any atom is 0.273 e. The third-order valence-electron chi connectivity index (χ3n) is 3.09. The summed E-state index contributed by atoms with van der Waals surface area (Å²) in [6.07, 6.45) is 0. The van der Waals surface area contributed by atoms with Crippen LogP contribution in [-0.4, -0.2) is 31.1 Å². The molecule has 0 fully saturated rings. The van der Waals surface area contributed by atoms with E-state index >= 15 is 0 Å². The first-order chi connectivity index (χ1) is 11.1. The monoisotopic (exact) mass is 316 g/mol. The van der Waals surface area contributed by atoms with Crippen molar-refractivity contribution in [1.82, 2.24) is 10.9 Å². The molecule has 0 heterocycles. The molecule has 2 aromatic carbocycles. The number of carbonyl (C=O) groups excluding carboxylic acids is 2. The molecule has 0 atom stereocenters. The van der Waals surface area contributed by atoms with Gasteiger partial charge < -0.3 is 14.6 Å². The number of hydrogen-bond donors (Lipinski definition) is 3. The van der Waals surface area contributed by atoms with Gasteiger partial charge in [0.05, 0.1) is 25.3 Å². The van der Waals surface area contributed by atoms with Crippen molar-refractivity contribution in [2.75, 3.05) is 14.2 Å². The predicted molar refractivity (Wildman–Crippen MR) is 82.6 cm³/mol. The highest BCUT2D eigenvalue weighted by Gasteiger charge is 2.15. The lowest BCUT2D eigenvalue weighted by Gasteiger charge is -2.12. The fourth-order valence-electron chi connectivity index (χ4n) is 1.90. The van der Waals surface area contributed by atoms with Gasteiger partial charge in [0.15, 0.2) is 0 Å². The molecule has 0 aliphatic heterocycles. The molecule has 0 unspecified atom stereocenters. The number of ether oxygens (including phenoxy) is 2. The van der Waals surface area contributed by atoms with Crippen LogP contribution in [0.25, 0.3) is 0 Å². The first-order valence-electron chi connectivity index (χ1n) is 6.67. The largest absolute Gasteiger partial charge is 0.507 e. The average molecular weight is 316 g/mol. The number of benzene rings is 2. The molecule has 0 bridgehead atoms. The minimum absolute atomic E-state index is 0.0505. The van der Waals surface area contributed by atoms with Gasteiger partial charge in [-0.25, -0.2) is 0 Å². The summed E-state index contributed by atoms with van der Waals surface area (Å²) in [4.78, 5) is 24.1. The van der Waals surface area contributed by atoms with Crippen LogP contribution in [0.5, 0.6) is 17.2 Å². The van der Waals surface area contributed by atoms with Gasteiger partial charge in [-0.15, -0.1) is 0 Å². The van der Waals surface area contributed by atoms with Crippen molar-refractivity contribution in [2.45, 2.75) is 0 Å². The van der Waals surface area contributed by atoms with Gasteiger partial charge in [-0.2, -0.15) is 0 Å². The summed E-state index contributed by atoms with van der Waals surface area (Å²) in [5.41, 5.74) is 4.78. The molecule has 7 heteroatoms. The van der Waals surface area contributed by atoms with E-state index in [0.29, 0.717) is 11.5 Å². The van der Waals surface area contributed by atoms with Crippen LogP contribution in [0.4, 0.5) is 0 Å². The van der Waals surface area contributed by atoms with Gasteiger partial charge in [-0.05, 0) is 24.3 Å². The molecular formula is C16H16N2O5. The Morgan fingerprint density at radius 2 is 1.57 bits per heavy atom. The zero-order valence-corrected chi connectivity index (χ0v) is 12.6. The second-order valence-electron chi connectivity index (χ2n) is 4.49. The highest BCUT2D eigenvalue weighted by atomic mass is 16.5. The summed E-state index contributed by atoms with van der Waals surface area (Å²) in [5, 5.41) is 9.60. The fraction of sp³-hybridized carbons (Fsp3) is 0.125. The summed E-state index contributed by atoms with van der Waals surface area (Å²) >= 11 is 0. The Labute approximate surface area is 132 Å². The number of phenols is 1. The average Bonchev–Trinajstić information content (AvgIpc) is 2.59.